The summed E-state index contributed by atoms with van der Waals surface area (Å²) in [5.41, 5.74) is 1.61. The summed E-state index contributed by atoms with van der Waals surface area (Å²) < 4.78 is 6.15. The fraction of sp³-hybridized carbons (Fsp3) is 0.444. The molecule has 3 saturated heterocycles. The summed E-state index contributed by atoms with van der Waals surface area (Å²) >= 11 is 1.60. The third-order valence-electron chi connectivity index (χ3n) is 9.58. The maximum atomic E-state index is 12.8. The molecular weight excluding hydrogens is 616 g/mol. The summed E-state index contributed by atoms with van der Waals surface area (Å²) in [6, 6.07) is 17.7. The highest BCUT2D eigenvalue weighted by Gasteiger charge is 2.43. The summed E-state index contributed by atoms with van der Waals surface area (Å²) in [6.07, 6.45) is 4.34. The van der Waals surface area contributed by atoms with Gasteiger partial charge in [-0.05, 0) is 98.1 Å². The number of hydrogen-bond donors (Lipinski definition) is 5. The Bertz CT molecular complexity index is 1690. The van der Waals surface area contributed by atoms with Gasteiger partial charge in [0.1, 0.15) is 11.5 Å². The summed E-state index contributed by atoms with van der Waals surface area (Å²) in [7, 11) is 0. The highest BCUT2D eigenvalue weighted by molar-refractivity contribution is 7.10. The first-order chi connectivity index (χ1) is 22.9. The van der Waals surface area contributed by atoms with Crippen molar-refractivity contribution in [2.24, 2.45) is 5.92 Å². The average molecular weight is 661 g/mol. The van der Waals surface area contributed by atoms with Crippen molar-refractivity contribution in [1.29, 1.82) is 0 Å². The molecule has 7 rings (SSSR count). The molecule has 0 aliphatic carbocycles. The Morgan fingerprint density at radius 1 is 1.06 bits per heavy atom. The number of carboxylic acid groups (broad SMARTS) is 1. The van der Waals surface area contributed by atoms with Crippen molar-refractivity contribution in [2.45, 2.75) is 56.7 Å². The van der Waals surface area contributed by atoms with E-state index in [0.717, 1.165) is 80.9 Å². The van der Waals surface area contributed by atoms with Crippen LogP contribution in [0.25, 0.3) is 10.9 Å². The zero-order chi connectivity index (χ0) is 32.8. The fourth-order valence-corrected chi connectivity index (χ4v) is 8.02. The smallest absolute Gasteiger partial charge is 0.408 e. The fourth-order valence-electron chi connectivity index (χ4n) is 7.17. The van der Waals surface area contributed by atoms with Crippen LogP contribution < -0.4 is 15.6 Å². The number of thiophene rings is 1. The number of hydrogen-bond acceptors (Lipinski definition) is 8. The lowest BCUT2D eigenvalue weighted by molar-refractivity contribution is -0.000335. The number of phenolic OH excluding ortho intramolecular Hbond substituents is 1. The maximum Gasteiger partial charge on any atom is 0.408 e. The van der Waals surface area contributed by atoms with E-state index in [0.29, 0.717) is 35.5 Å². The minimum absolute atomic E-state index is 0.0228. The van der Waals surface area contributed by atoms with Crippen molar-refractivity contribution >= 4 is 28.3 Å². The molecule has 0 spiro atoms. The molecule has 4 aromatic rings. The van der Waals surface area contributed by atoms with Crippen LogP contribution in [-0.4, -0.2) is 81.6 Å². The predicted molar refractivity (Wildman–Crippen MR) is 183 cm³/mol. The van der Waals surface area contributed by atoms with Gasteiger partial charge in [0.15, 0.2) is 0 Å². The molecule has 2 bridgehead atoms. The number of pyridine rings is 1. The van der Waals surface area contributed by atoms with Gasteiger partial charge >= 0.3 is 6.09 Å². The van der Waals surface area contributed by atoms with Crippen molar-refractivity contribution in [2.75, 3.05) is 39.3 Å². The number of ether oxygens (including phenoxy) is 1. The Morgan fingerprint density at radius 2 is 1.89 bits per heavy atom. The number of aliphatic hydroxyl groups is 1. The van der Waals surface area contributed by atoms with Crippen LogP contribution in [0.5, 0.6) is 11.5 Å². The van der Waals surface area contributed by atoms with Crippen LogP contribution in [0, 0.1) is 5.92 Å². The molecule has 1 unspecified atom stereocenters. The summed E-state index contributed by atoms with van der Waals surface area (Å²) in [4.78, 5) is 32.2. The largest absolute Gasteiger partial charge is 0.506 e. The van der Waals surface area contributed by atoms with E-state index in [1.54, 1.807) is 28.4 Å². The zero-order valence-corrected chi connectivity index (χ0v) is 27.3. The number of benzene rings is 2. The van der Waals surface area contributed by atoms with E-state index in [9.17, 15) is 24.9 Å². The molecule has 3 aliphatic rings. The molecule has 11 heteroatoms. The lowest BCUT2D eigenvalue weighted by Gasteiger charge is -2.50. The van der Waals surface area contributed by atoms with Gasteiger partial charge in [0.05, 0.1) is 30.3 Å². The van der Waals surface area contributed by atoms with Crippen LogP contribution in [-0.2, 0) is 0 Å². The quantitative estimate of drug-likeness (QED) is 0.102. The van der Waals surface area contributed by atoms with Gasteiger partial charge < -0.3 is 35.3 Å². The highest BCUT2D eigenvalue weighted by atomic mass is 32.1. The molecule has 0 radical (unpaired) electrons. The molecule has 3 atom stereocenters. The van der Waals surface area contributed by atoms with E-state index in [1.165, 1.54) is 12.1 Å². The number of nitrogens with zero attached hydrogens (tertiary/aromatic N) is 2. The standard InChI is InChI=1S/C36H44N4O6S/c41-30-12-10-27(28-11-13-33(43)38-34(28)30)31(42)22-37-16-3-1-2-4-19-46-26-8-5-7-25(21-26)35(32-9-6-20-47-32)40(36(44)45)29-23-39-17-14-24(29)15-18-39/h5-13,20-21,24,29,31,35,37,41-42H,1-4,14-19,22-23H2,(H,38,43)(H,44,45)/t29?,31-,35+/m0/s1. The lowest BCUT2D eigenvalue weighted by Crippen LogP contribution is -2.59. The van der Waals surface area contributed by atoms with Crippen LogP contribution in [0.2, 0.25) is 0 Å². The number of aliphatic hydroxyl groups excluding tert-OH is 1. The number of piperidine rings is 3. The predicted octanol–water partition coefficient (Wildman–Crippen LogP) is 5.72. The Kier molecular flexibility index (Phi) is 10.8. The molecule has 3 aliphatic heterocycles. The average Bonchev–Trinajstić information content (AvgIpc) is 3.62. The topological polar surface area (TPSA) is 138 Å². The third kappa shape index (κ3) is 7.81. The van der Waals surface area contributed by atoms with Crippen LogP contribution in [0.4, 0.5) is 4.79 Å². The second-order valence-electron chi connectivity index (χ2n) is 12.7. The first kappa shape index (κ1) is 33.0. The molecule has 5 N–H and O–H groups in total. The van der Waals surface area contributed by atoms with Crippen LogP contribution in [0.15, 0.2) is 70.8 Å². The molecule has 1 amide bonds. The summed E-state index contributed by atoms with van der Waals surface area (Å²) in [5, 5.41) is 37.3. The first-order valence-electron chi connectivity index (χ1n) is 16.6. The van der Waals surface area contributed by atoms with Gasteiger partial charge in [-0.1, -0.05) is 37.1 Å². The van der Waals surface area contributed by atoms with E-state index in [1.807, 2.05) is 41.8 Å². The van der Waals surface area contributed by atoms with E-state index in [-0.39, 0.29) is 23.4 Å². The van der Waals surface area contributed by atoms with Crippen molar-refractivity contribution < 1.29 is 24.9 Å². The molecule has 3 fully saturated rings. The van der Waals surface area contributed by atoms with Gasteiger partial charge in [-0.25, -0.2) is 4.79 Å². The van der Waals surface area contributed by atoms with E-state index in [2.05, 4.69) is 15.2 Å². The minimum Gasteiger partial charge on any atom is -0.506 e. The summed E-state index contributed by atoms with van der Waals surface area (Å²) in [6.45, 7) is 4.62. The monoisotopic (exact) mass is 660 g/mol. The van der Waals surface area contributed by atoms with Gasteiger partial charge in [0, 0.05) is 29.4 Å². The molecule has 250 valence electrons. The molecule has 2 aromatic carbocycles. The number of nitrogens with one attached hydrogen (secondary N) is 2. The Labute approximate surface area is 278 Å². The SMILES string of the molecule is O=C(O)N(C1CN2CCC1CC2)[C@H](c1cccc(OCCCCCCNC[C@H](O)c2ccc(O)c3[nH]c(=O)ccc23)c1)c1cccs1. The number of aromatic nitrogens is 1. The Morgan fingerprint density at radius 3 is 2.64 bits per heavy atom. The van der Waals surface area contributed by atoms with Crippen molar-refractivity contribution in [3.05, 3.63) is 92.4 Å². The van der Waals surface area contributed by atoms with E-state index >= 15 is 0 Å². The van der Waals surface area contributed by atoms with Crippen LogP contribution >= 0.6 is 11.3 Å². The van der Waals surface area contributed by atoms with Crippen LogP contribution in [0.3, 0.4) is 0 Å². The lowest BCUT2D eigenvalue weighted by atomic mass is 9.82. The van der Waals surface area contributed by atoms with Gasteiger partial charge in [-0.2, -0.15) is 0 Å². The number of H-pyrrole nitrogens is 1. The normalized spacial score (nSPS) is 20.2. The number of rotatable bonds is 15. The van der Waals surface area contributed by atoms with Gasteiger partial charge in [0.2, 0.25) is 5.56 Å². The summed E-state index contributed by atoms with van der Waals surface area (Å²) in [5.74, 6) is 1.13. The molecule has 10 nitrogen and oxygen atoms in total. The molecular formula is C36H44N4O6S. The maximum absolute atomic E-state index is 12.8. The third-order valence-corrected chi connectivity index (χ3v) is 10.5. The van der Waals surface area contributed by atoms with Crippen LogP contribution in [0.1, 0.15) is 66.7 Å². The second-order valence-corrected chi connectivity index (χ2v) is 13.6. The molecule has 5 heterocycles. The van der Waals surface area contributed by atoms with Crippen molar-refractivity contribution in [1.82, 2.24) is 20.1 Å². The number of aromatic amines is 1. The van der Waals surface area contributed by atoms with Gasteiger partial charge in [-0.3, -0.25) is 9.69 Å². The van der Waals surface area contributed by atoms with E-state index < -0.39 is 12.2 Å². The minimum atomic E-state index is -0.871. The number of fused-ring (bicyclic) bond motifs is 4. The molecule has 0 saturated carbocycles. The highest BCUT2D eigenvalue weighted by Crippen LogP contribution is 2.40. The number of carbonyl (C=O) groups is 1. The molecule has 2 aromatic heterocycles. The van der Waals surface area contributed by atoms with Gasteiger partial charge in [-0.15, -0.1) is 11.3 Å². The van der Waals surface area contributed by atoms with Gasteiger partial charge in [0.25, 0.3) is 0 Å². The number of aromatic hydroxyl groups is 1. The van der Waals surface area contributed by atoms with E-state index in [4.69, 9.17) is 4.74 Å². The number of amides is 1. The Hall–Kier alpha value is -3.90. The number of unbranched alkanes of at least 4 members (excludes halogenated alkanes) is 3. The number of phenols is 1. The van der Waals surface area contributed by atoms with Crippen molar-refractivity contribution in [3.8, 4) is 11.5 Å². The Balaban J connectivity index is 0.966. The zero-order valence-electron chi connectivity index (χ0n) is 26.5. The molecule has 47 heavy (non-hydrogen) atoms. The first-order valence-corrected chi connectivity index (χ1v) is 17.5. The van der Waals surface area contributed by atoms with Crippen molar-refractivity contribution in [3.63, 3.8) is 0 Å². The second kappa shape index (κ2) is 15.3.